The van der Waals surface area contributed by atoms with Crippen molar-refractivity contribution in [2.45, 2.75) is 19.5 Å². The van der Waals surface area contributed by atoms with Gasteiger partial charge in [-0.05, 0) is 25.1 Å². The first-order chi connectivity index (χ1) is 10.1. The number of carboxylic acid groups (broad SMARTS) is 1. The molecule has 2 N–H and O–H groups in total. The zero-order valence-electron chi connectivity index (χ0n) is 11.8. The van der Waals surface area contributed by atoms with Gasteiger partial charge in [0.25, 0.3) is 0 Å². The molecular weight excluding hydrogens is 272 g/mol. The fourth-order valence-electron chi connectivity index (χ4n) is 1.87. The van der Waals surface area contributed by atoms with Crippen LogP contribution in [0.5, 0.6) is 5.75 Å². The van der Waals surface area contributed by atoms with E-state index in [2.05, 4.69) is 15.4 Å². The van der Waals surface area contributed by atoms with Crippen LogP contribution in [0, 0.1) is 0 Å². The van der Waals surface area contributed by atoms with E-state index >= 15 is 0 Å². The van der Waals surface area contributed by atoms with Crippen molar-refractivity contribution in [3.63, 3.8) is 0 Å². The van der Waals surface area contributed by atoms with Crippen molar-refractivity contribution in [2.75, 3.05) is 13.2 Å². The summed E-state index contributed by atoms with van der Waals surface area (Å²) in [6, 6.07) is 6.69. The Balaban J connectivity index is 1.69. The van der Waals surface area contributed by atoms with Crippen LogP contribution >= 0.6 is 0 Å². The number of benzene rings is 1. The topological polar surface area (TPSA) is 89.3 Å². The van der Waals surface area contributed by atoms with Gasteiger partial charge in [-0.15, -0.1) is 0 Å². The van der Waals surface area contributed by atoms with Crippen LogP contribution in [0.4, 0.5) is 0 Å². The number of carbonyl (C=O) groups is 1. The number of carboxylic acids is 1. The minimum atomic E-state index is -0.958. The smallest absolute Gasteiger partial charge is 0.335 e. The molecule has 0 unspecified atom stereocenters. The average molecular weight is 290 g/mol. The van der Waals surface area contributed by atoms with E-state index in [9.17, 15) is 4.79 Å². The fourth-order valence-corrected chi connectivity index (χ4v) is 1.87. The minimum Gasteiger partial charge on any atom is -0.492 e. The Hall–Kier alpha value is -2.41. The highest BCUT2D eigenvalue weighted by Crippen LogP contribution is 2.12. The first-order valence-corrected chi connectivity index (χ1v) is 6.67. The molecule has 112 valence electrons. The maximum Gasteiger partial charge on any atom is 0.335 e. The van der Waals surface area contributed by atoms with Crippen molar-refractivity contribution >= 4 is 5.97 Å². The zero-order valence-corrected chi connectivity index (χ0v) is 11.8. The number of aromatic nitrogens is 3. The number of hydrogen-bond acceptors (Lipinski definition) is 5. The molecule has 0 aliphatic carbocycles. The summed E-state index contributed by atoms with van der Waals surface area (Å²) >= 11 is 0. The van der Waals surface area contributed by atoms with E-state index in [0.717, 1.165) is 6.54 Å². The van der Waals surface area contributed by atoms with E-state index in [-0.39, 0.29) is 11.6 Å². The Morgan fingerprint density at radius 2 is 2.38 bits per heavy atom. The number of hydrogen-bond donors (Lipinski definition) is 2. The predicted octanol–water partition coefficient (Wildman–Crippen LogP) is 1.03. The molecule has 0 fully saturated rings. The average Bonchev–Trinajstić information content (AvgIpc) is 2.97. The summed E-state index contributed by atoms with van der Waals surface area (Å²) in [4.78, 5) is 14.7. The SMILES string of the molecule is C[C@H](Cn1cncn1)NCCOc1cccc(C(=O)O)c1. The maximum atomic E-state index is 10.8. The third-order valence-electron chi connectivity index (χ3n) is 2.87. The lowest BCUT2D eigenvalue weighted by atomic mass is 10.2. The molecule has 0 aliphatic rings. The number of nitrogens with zero attached hydrogens (tertiary/aromatic N) is 3. The highest BCUT2D eigenvalue weighted by atomic mass is 16.5. The van der Waals surface area contributed by atoms with E-state index in [1.54, 1.807) is 23.1 Å². The van der Waals surface area contributed by atoms with Gasteiger partial charge < -0.3 is 15.2 Å². The van der Waals surface area contributed by atoms with Crippen LogP contribution in [0.3, 0.4) is 0 Å². The molecule has 2 aromatic rings. The lowest BCUT2D eigenvalue weighted by Gasteiger charge is -2.14. The second-order valence-electron chi connectivity index (χ2n) is 4.65. The molecule has 0 bridgehead atoms. The van der Waals surface area contributed by atoms with E-state index in [4.69, 9.17) is 9.84 Å². The van der Waals surface area contributed by atoms with Crippen LogP contribution in [-0.4, -0.2) is 45.0 Å². The summed E-state index contributed by atoms with van der Waals surface area (Å²) in [5.74, 6) is -0.402. The van der Waals surface area contributed by atoms with Gasteiger partial charge in [0.1, 0.15) is 25.0 Å². The van der Waals surface area contributed by atoms with Crippen LogP contribution in [0.25, 0.3) is 0 Å². The van der Waals surface area contributed by atoms with E-state index < -0.39 is 5.97 Å². The van der Waals surface area contributed by atoms with Gasteiger partial charge in [0.05, 0.1) is 12.1 Å². The van der Waals surface area contributed by atoms with Crippen molar-refractivity contribution < 1.29 is 14.6 Å². The molecule has 1 atom stereocenters. The van der Waals surface area contributed by atoms with Crippen molar-refractivity contribution in [3.05, 3.63) is 42.5 Å². The molecule has 2 rings (SSSR count). The molecule has 21 heavy (non-hydrogen) atoms. The summed E-state index contributed by atoms with van der Waals surface area (Å²) in [5.41, 5.74) is 0.222. The quantitative estimate of drug-likeness (QED) is 0.706. The molecule has 0 spiro atoms. The van der Waals surface area contributed by atoms with Crippen LogP contribution in [0.2, 0.25) is 0 Å². The standard InChI is InChI=1S/C14H18N4O3/c1-11(8-18-10-15-9-17-18)16-5-6-21-13-4-2-3-12(7-13)14(19)20/h2-4,7,9-11,16H,5-6,8H2,1H3,(H,19,20)/t11-/m1/s1. The molecule has 0 saturated carbocycles. The van der Waals surface area contributed by atoms with Crippen molar-refractivity contribution in [1.29, 1.82) is 0 Å². The molecule has 7 nitrogen and oxygen atoms in total. The van der Waals surface area contributed by atoms with Crippen LogP contribution in [0.15, 0.2) is 36.9 Å². The summed E-state index contributed by atoms with van der Waals surface area (Å²) in [6.45, 7) is 3.90. The first-order valence-electron chi connectivity index (χ1n) is 6.67. The van der Waals surface area contributed by atoms with Crippen LogP contribution in [-0.2, 0) is 6.54 Å². The third-order valence-corrected chi connectivity index (χ3v) is 2.87. The molecule has 7 heteroatoms. The molecule has 1 aromatic carbocycles. The summed E-state index contributed by atoms with van der Waals surface area (Å²) in [7, 11) is 0. The number of rotatable bonds is 8. The maximum absolute atomic E-state index is 10.8. The van der Waals surface area contributed by atoms with Gasteiger partial charge in [0, 0.05) is 12.6 Å². The van der Waals surface area contributed by atoms with Gasteiger partial charge >= 0.3 is 5.97 Å². The summed E-state index contributed by atoms with van der Waals surface area (Å²) in [5, 5.41) is 16.2. The predicted molar refractivity (Wildman–Crippen MR) is 76.4 cm³/mol. The molecular formula is C14H18N4O3. The van der Waals surface area contributed by atoms with Crippen LogP contribution < -0.4 is 10.1 Å². The summed E-state index contributed by atoms with van der Waals surface area (Å²) < 4.78 is 7.28. The molecule has 1 heterocycles. The van der Waals surface area contributed by atoms with E-state index in [1.807, 2.05) is 6.92 Å². The Kier molecular flexibility index (Phi) is 5.28. The van der Waals surface area contributed by atoms with Gasteiger partial charge in [-0.25, -0.2) is 9.78 Å². The number of aromatic carboxylic acids is 1. The van der Waals surface area contributed by atoms with Gasteiger partial charge in [0.2, 0.25) is 0 Å². The first kappa shape index (κ1) is 15.0. The number of ether oxygens (including phenoxy) is 1. The van der Waals surface area contributed by atoms with Crippen molar-refractivity contribution in [3.8, 4) is 5.75 Å². The Labute approximate surface area is 122 Å². The highest BCUT2D eigenvalue weighted by Gasteiger charge is 2.05. The molecule has 0 radical (unpaired) electrons. The normalized spacial score (nSPS) is 12.0. The highest BCUT2D eigenvalue weighted by molar-refractivity contribution is 5.87. The minimum absolute atomic E-state index is 0.222. The number of nitrogens with one attached hydrogen (secondary N) is 1. The van der Waals surface area contributed by atoms with Gasteiger partial charge in [-0.3, -0.25) is 4.68 Å². The zero-order chi connectivity index (χ0) is 15.1. The van der Waals surface area contributed by atoms with Gasteiger partial charge in [-0.1, -0.05) is 6.07 Å². The van der Waals surface area contributed by atoms with Crippen LogP contribution in [0.1, 0.15) is 17.3 Å². The van der Waals surface area contributed by atoms with Gasteiger partial charge in [0.15, 0.2) is 0 Å². The Morgan fingerprint density at radius 3 is 3.10 bits per heavy atom. The second kappa shape index (κ2) is 7.39. The lowest BCUT2D eigenvalue weighted by molar-refractivity contribution is 0.0696. The largest absolute Gasteiger partial charge is 0.492 e. The second-order valence-corrected chi connectivity index (χ2v) is 4.65. The lowest BCUT2D eigenvalue weighted by Crippen LogP contribution is -2.33. The third kappa shape index (κ3) is 4.88. The monoisotopic (exact) mass is 290 g/mol. The Bertz CT molecular complexity index is 571. The van der Waals surface area contributed by atoms with Crippen molar-refractivity contribution in [2.24, 2.45) is 0 Å². The Morgan fingerprint density at radius 1 is 1.52 bits per heavy atom. The molecule has 1 aromatic heterocycles. The summed E-state index contributed by atoms with van der Waals surface area (Å²) in [6.07, 6.45) is 3.18. The molecule has 0 saturated heterocycles. The van der Waals surface area contributed by atoms with E-state index in [0.29, 0.717) is 18.9 Å². The van der Waals surface area contributed by atoms with E-state index in [1.165, 1.54) is 18.5 Å². The fraction of sp³-hybridized carbons (Fsp3) is 0.357. The van der Waals surface area contributed by atoms with Crippen molar-refractivity contribution in [1.82, 2.24) is 20.1 Å². The molecule has 0 aliphatic heterocycles. The van der Waals surface area contributed by atoms with Gasteiger partial charge in [-0.2, -0.15) is 5.10 Å². The molecule has 0 amide bonds.